The van der Waals surface area contributed by atoms with Gasteiger partial charge in [0.2, 0.25) is 0 Å². The molecular formula is C25H22ClNO. The van der Waals surface area contributed by atoms with Crippen molar-refractivity contribution in [1.82, 2.24) is 4.57 Å². The average molecular weight is 388 g/mol. The summed E-state index contributed by atoms with van der Waals surface area (Å²) in [5, 5.41) is 0.745. The zero-order chi connectivity index (χ0) is 19.7. The highest BCUT2D eigenvalue weighted by Gasteiger charge is 2.44. The van der Waals surface area contributed by atoms with Gasteiger partial charge in [-0.15, -0.1) is 0 Å². The largest absolute Gasteiger partial charge is 0.340 e. The Labute approximate surface area is 170 Å². The van der Waals surface area contributed by atoms with Gasteiger partial charge in [0.15, 0.2) is 5.43 Å². The number of rotatable bonds is 3. The summed E-state index contributed by atoms with van der Waals surface area (Å²) in [4.78, 5) is 11.8. The third kappa shape index (κ3) is 2.94. The summed E-state index contributed by atoms with van der Waals surface area (Å²) in [5.41, 5.74) is 4.15. The average Bonchev–Trinajstić information content (AvgIpc) is 2.69. The zero-order valence-electron chi connectivity index (χ0n) is 16.0. The van der Waals surface area contributed by atoms with Crippen LogP contribution in [0.25, 0.3) is 0 Å². The fourth-order valence-electron chi connectivity index (χ4n) is 4.38. The van der Waals surface area contributed by atoms with Gasteiger partial charge in [-0.1, -0.05) is 77.9 Å². The van der Waals surface area contributed by atoms with E-state index >= 15 is 0 Å². The number of nitrogens with zero attached hydrogens (tertiary/aromatic N) is 1. The first-order valence-electron chi connectivity index (χ1n) is 9.39. The predicted molar refractivity (Wildman–Crippen MR) is 116 cm³/mol. The molecule has 2 atom stereocenters. The fourth-order valence-corrected chi connectivity index (χ4v) is 4.62. The van der Waals surface area contributed by atoms with Crippen molar-refractivity contribution < 1.29 is 0 Å². The van der Waals surface area contributed by atoms with Crippen LogP contribution in [0, 0.1) is 6.92 Å². The third-order valence-corrected chi connectivity index (χ3v) is 5.97. The van der Waals surface area contributed by atoms with Gasteiger partial charge in [0.1, 0.15) is 0 Å². The Morgan fingerprint density at radius 2 is 1.61 bits per heavy atom. The molecule has 0 amide bonds. The Morgan fingerprint density at radius 1 is 0.929 bits per heavy atom. The first-order valence-corrected chi connectivity index (χ1v) is 9.77. The van der Waals surface area contributed by atoms with Gasteiger partial charge in [0.05, 0.1) is 5.54 Å². The molecule has 1 aromatic heterocycles. The van der Waals surface area contributed by atoms with Crippen LogP contribution < -0.4 is 5.43 Å². The second-order valence-electron chi connectivity index (χ2n) is 7.31. The minimum Gasteiger partial charge on any atom is -0.340 e. The SMILES string of the molecule is CC1=CC=CC(c2ccccc2C)(n2ccc(=O)cc2)C1c1ccccc1Cl. The summed E-state index contributed by atoms with van der Waals surface area (Å²) in [6.45, 7) is 4.28. The van der Waals surface area contributed by atoms with Gasteiger partial charge in [-0.3, -0.25) is 4.79 Å². The first kappa shape index (κ1) is 18.5. The van der Waals surface area contributed by atoms with E-state index in [4.69, 9.17) is 11.6 Å². The molecule has 0 bridgehead atoms. The number of benzene rings is 2. The molecule has 3 heteroatoms. The molecule has 1 aliphatic carbocycles. The van der Waals surface area contributed by atoms with E-state index in [0.717, 1.165) is 10.6 Å². The van der Waals surface area contributed by atoms with Crippen LogP contribution in [-0.2, 0) is 5.54 Å². The topological polar surface area (TPSA) is 22.0 Å². The highest BCUT2D eigenvalue weighted by Crippen LogP contribution is 2.50. The molecule has 0 radical (unpaired) electrons. The van der Waals surface area contributed by atoms with Crippen LogP contribution in [0.1, 0.15) is 29.5 Å². The maximum atomic E-state index is 11.8. The van der Waals surface area contributed by atoms with Gasteiger partial charge in [-0.25, -0.2) is 0 Å². The van der Waals surface area contributed by atoms with E-state index in [0.29, 0.717) is 0 Å². The summed E-state index contributed by atoms with van der Waals surface area (Å²) < 4.78 is 2.14. The summed E-state index contributed by atoms with van der Waals surface area (Å²) in [5.74, 6) is -0.00481. The van der Waals surface area contributed by atoms with Crippen LogP contribution in [0.4, 0.5) is 0 Å². The Kier molecular flexibility index (Phi) is 4.82. The second-order valence-corrected chi connectivity index (χ2v) is 7.71. The third-order valence-electron chi connectivity index (χ3n) is 5.62. The lowest BCUT2D eigenvalue weighted by Crippen LogP contribution is -2.42. The normalized spacial score (nSPS) is 21.4. The number of halogens is 1. The maximum Gasteiger partial charge on any atom is 0.181 e. The summed E-state index contributed by atoms with van der Waals surface area (Å²) in [6.07, 6.45) is 10.2. The molecule has 0 spiro atoms. The lowest BCUT2D eigenvalue weighted by atomic mass is 9.67. The van der Waals surface area contributed by atoms with Gasteiger partial charge < -0.3 is 4.57 Å². The van der Waals surface area contributed by atoms with Gasteiger partial charge >= 0.3 is 0 Å². The number of aromatic nitrogens is 1. The Morgan fingerprint density at radius 3 is 2.32 bits per heavy atom. The monoisotopic (exact) mass is 387 g/mol. The van der Waals surface area contributed by atoms with Gasteiger partial charge in [0.25, 0.3) is 0 Å². The molecule has 2 aromatic carbocycles. The molecule has 28 heavy (non-hydrogen) atoms. The molecule has 2 nitrogen and oxygen atoms in total. The van der Waals surface area contributed by atoms with Crippen LogP contribution in [0.2, 0.25) is 5.02 Å². The van der Waals surface area contributed by atoms with Crippen molar-refractivity contribution in [2.75, 3.05) is 0 Å². The molecule has 0 fully saturated rings. The minimum atomic E-state index is -0.525. The lowest BCUT2D eigenvalue weighted by molar-refractivity contribution is 0.383. The molecule has 0 N–H and O–H groups in total. The quantitative estimate of drug-likeness (QED) is 0.552. The summed E-state index contributed by atoms with van der Waals surface area (Å²) >= 11 is 6.68. The number of aryl methyl sites for hydroxylation is 1. The van der Waals surface area contributed by atoms with E-state index in [1.54, 1.807) is 12.1 Å². The standard InChI is InChI=1S/C25H22ClNO/c1-18-8-3-5-11-22(18)25(27-16-13-20(28)14-17-27)15-7-9-19(2)24(25)21-10-4-6-12-23(21)26/h3-17,24H,1-2H3. The van der Waals surface area contributed by atoms with Crippen LogP contribution in [0.3, 0.4) is 0 Å². The molecule has 3 aromatic rings. The number of hydrogen-bond donors (Lipinski definition) is 0. The van der Waals surface area contributed by atoms with E-state index in [1.807, 2.05) is 30.6 Å². The van der Waals surface area contributed by atoms with Crippen molar-refractivity contribution in [3.8, 4) is 0 Å². The Hall–Kier alpha value is -2.84. The minimum absolute atomic E-state index is 0.00229. The first-order chi connectivity index (χ1) is 13.5. The summed E-state index contributed by atoms with van der Waals surface area (Å²) in [7, 11) is 0. The molecule has 140 valence electrons. The number of allylic oxidation sites excluding steroid dienone is 4. The van der Waals surface area contributed by atoms with Gasteiger partial charge in [0, 0.05) is 35.5 Å². The Balaban J connectivity index is 2.09. The van der Waals surface area contributed by atoms with Gasteiger partial charge in [-0.05, 0) is 36.6 Å². The maximum absolute atomic E-state index is 11.8. The highest BCUT2D eigenvalue weighted by molar-refractivity contribution is 6.31. The van der Waals surface area contributed by atoms with Crippen LogP contribution in [-0.4, -0.2) is 4.57 Å². The molecule has 2 unspecified atom stereocenters. The van der Waals surface area contributed by atoms with Crippen molar-refractivity contribution in [3.63, 3.8) is 0 Å². The molecule has 1 aliphatic rings. The summed E-state index contributed by atoms with van der Waals surface area (Å²) in [6, 6.07) is 19.7. The number of pyridine rings is 1. The van der Waals surface area contributed by atoms with Crippen molar-refractivity contribution in [3.05, 3.63) is 129 Å². The smallest absolute Gasteiger partial charge is 0.181 e. The highest BCUT2D eigenvalue weighted by atomic mass is 35.5. The van der Waals surface area contributed by atoms with E-state index in [1.165, 1.54) is 16.7 Å². The van der Waals surface area contributed by atoms with E-state index in [2.05, 4.69) is 67.0 Å². The van der Waals surface area contributed by atoms with Crippen molar-refractivity contribution in [2.24, 2.45) is 0 Å². The van der Waals surface area contributed by atoms with E-state index < -0.39 is 5.54 Å². The van der Waals surface area contributed by atoms with E-state index in [9.17, 15) is 4.79 Å². The molecule has 0 aliphatic heterocycles. The van der Waals surface area contributed by atoms with Crippen LogP contribution in [0.15, 0.2) is 102 Å². The predicted octanol–water partition coefficient (Wildman–Crippen LogP) is 5.85. The number of hydrogen-bond acceptors (Lipinski definition) is 1. The molecular weight excluding hydrogens is 366 g/mol. The molecule has 0 saturated carbocycles. The molecule has 1 heterocycles. The zero-order valence-corrected chi connectivity index (χ0v) is 16.7. The van der Waals surface area contributed by atoms with Crippen LogP contribution >= 0.6 is 11.6 Å². The Bertz CT molecular complexity index is 1120. The molecule has 4 rings (SSSR count). The second kappa shape index (κ2) is 7.29. The molecule has 0 saturated heterocycles. The lowest BCUT2D eigenvalue weighted by Gasteiger charge is -2.45. The van der Waals surface area contributed by atoms with Crippen molar-refractivity contribution in [1.29, 1.82) is 0 Å². The van der Waals surface area contributed by atoms with Crippen LogP contribution in [0.5, 0.6) is 0 Å². The van der Waals surface area contributed by atoms with Crippen molar-refractivity contribution in [2.45, 2.75) is 25.3 Å². The van der Waals surface area contributed by atoms with Gasteiger partial charge in [-0.2, -0.15) is 0 Å². The van der Waals surface area contributed by atoms with E-state index in [-0.39, 0.29) is 11.3 Å². The van der Waals surface area contributed by atoms with Crippen molar-refractivity contribution >= 4 is 11.6 Å². The fraction of sp³-hybridized carbons (Fsp3) is 0.160.